The van der Waals surface area contributed by atoms with Crippen molar-refractivity contribution in [2.24, 2.45) is 0 Å². The first-order valence-electron chi connectivity index (χ1n) is 10.2. The molecule has 0 spiro atoms. The molecule has 2 unspecified atom stereocenters. The fraction of sp³-hybridized carbons (Fsp3) is 0.409. The van der Waals surface area contributed by atoms with Crippen LogP contribution >= 0.6 is 0 Å². The van der Waals surface area contributed by atoms with E-state index in [0.29, 0.717) is 22.5 Å². The third kappa shape index (κ3) is 8.54. The first kappa shape index (κ1) is 30.4. The molecule has 2 N–H and O–H groups in total. The molecule has 1 aromatic heterocycles. The minimum Gasteiger partial charge on any atom is -0.550 e. The largest absolute Gasteiger partial charge is 2.00 e. The number of hydrogen-bond donors (Lipinski definition) is 2. The standard InChI is InChI=1S/C22H28FN3O6S.Ca/c1-13(2)20-18(10-9-16(27)11-17(28)12-19(29)30)21(14-5-7-15(23)8-6-14)25-22(24-20)26(3)33(4,31)32;/h5-10,13,16-17,27-28H,11-12H2,1-4H3,(H,29,30);/q;+2/p-1. The summed E-state index contributed by atoms with van der Waals surface area (Å²) in [6, 6.07) is 5.46. The molecule has 2 rings (SSSR count). The number of benzene rings is 1. The van der Waals surface area contributed by atoms with E-state index in [9.17, 15) is 32.9 Å². The van der Waals surface area contributed by atoms with Gasteiger partial charge in [0.05, 0.1) is 29.9 Å². The van der Waals surface area contributed by atoms with E-state index in [1.807, 2.05) is 13.8 Å². The van der Waals surface area contributed by atoms with Gasteiger partial charge in [-0.2, -0.15) is 0 Å². The number of aliphatic hydroxyl groups excluding tert-OH is 2. The van der Waals surface area contributed by atoms with Gasteiger partial charge in [0.15, 0.2) is 0 Å². The van der Waals surface area contributed by atoms with E-state index in [-0.39, 0.29) is 56.0 Å². The second-order valence-corrected chi connectivity index (χ2v) is 9.97. The maximum Gasteiger partial charge on any atom is 2.00 e. The Labute approximate surface area is 228 Å². The molecular weight excluding hydrogens is 493 g/mol. The van der Waals surface area contributed by atoms with Crippen LogP contribution in [-0.2, 0) is 14.8 Å². The Kier molecular flexibility index (Phi) is 11.5. The summed E-state index contributed by atoms with van der Waals surface area (Å²) in [5.41, 5.74) is 1.76. The third-order valence-electron chi connectivity index (χ3n) is 4.81. The molecule has 0 saturated carbocycles. The zero-order valence-electron chi connectivity index (χ0n) is 19.5. The van der Waals surface area contributed by atoms with Gasteiger partial charge >= 0.3 is 37.7 Å². The summed E-state index contributed by atoms with van der Waals surface area (Å²) < 4.78 is 38.6. The van der Waals surface area contributed by atoms with Crippen LogP contribution in [0.3, 0.4) is 0 Å². The summed E-state index contributed by atoms with van der Waals surface area (Å²) in [6.45, 7) is 3.69. The average Bonchev–Trinajstić information content (AvgIpc) is 2.70. The summed E-state index contributed by atoms with van der Waals surface area (Å²) in [5, 5.41) is 30.6. The van der Waals surface area contributed by atoms with Crippen LogP contribution in [0.25, 0.3) is 17.3 Å². The molecule has 0 aliphatic heterocycles. The molecule has 12 heteroatoms. The number of rotatable bonds is 10. The van der Waals surface area contributed by atoms with Crippen molar-refractivity contribution in [3.63, 3.8) is 0 Å². The van der Waals surface area contributed by atoms with Crippen LogP contribution < -0.4 is 9.41 Å². The number of carboxylic acid groups (broad SMARTS) is 1. The normalized spacial score (nSPS) is 13.5. The number of aromatic nitrogens is 2. The van der Waals surface area contributed by atoms with Crippen LogP contribution in [0.15, 0.2) is 30.3 Å². The number of carbonyl (C=O) groups is 1. The van der Waals surface area contributed by atoms with Gasteiger partial charge in [-0.3, -0.25) is 0 Å². The van der Waals surface area contributed by atoms with Gasteiger partial charge in [-0.25, -0.2) is 27.1 Å². The van der Waals surface area contributed by atoms with E-state index in [4.69, 9.17) is 0 Å². The molecule has 0 saturated heterocycles. The van der Waals surface area contributed by atoms with E-state index in [1.54, 1.807) is 0 Å². The second kappa shape index (κ2) is 12.9. The van der Waals surface area contributed by atoms with Crippen LogP contribution in [0, 0.1) is 5.82 Å². The van der Waals surface area contributed by atoms with Crippen molar-refractivity contribution in [1.82, 2.24) is 9.97 Å². The Hall–Kier alpha value is -1.63. The Bertz CT molecular complexity index is 1130. The predicted octanol–water partition coefficient (Wildman–Crippen LogP) is 0.686. The van der Waals surface area contributed by atoms with Crippen molar-refractivity contribution < 1.29 is 32.9 Å². The first-order chi connectivity index (χ1) is 15.3. The SMILES string of the molecule is CC(C)c1nc(N(C)S(C)(=O)=O)nc(-c2ccc(F)cc2)c1C=CC(O)CC(O)CC(=O)[O-].[Ca+2]. The molecule has 180 valence electrons. The minimum atomic E-state index is -3.66. The molecule has 1 aromatic carbocycles. The summed E-state index contributed by atoms with van der Waals surface area (Å²) >= 11 is 0. The van der Waals surface area contributed by atoms with Crippen molar-refractivity contribution in [2.45, 2.75) is 44.8 Å². The van der Waals surface area contributed by atoms with E-state index >= 15 is 0 Å². The van der Waals surface area contributed by atoms with Crippen LogP contribution in [0.5, 0.6) is 0 Å². The molecule has 0 bridgehead atoms. The number of carbonyl (C=O) groups excluding carboxylic acids is 1. The molecule has 0 radical (unpaired) electrons. The van der Waals surface area contributed by atoms with Crippen molar-refractivity contribution in [3.05, 3.63) is 47.4 Å². The number of nitrogens with zero attached hydrogens (tertiary/aromatic N) is 3. The fourth-order valence-electron chi connectivity index (χ4n) is 3.04. The maximum atomic E-state index is 13.5. The zero-order valence-corrected chi connectivity index (χ0v) is 22.5. The van der Waals surface area contributed by atoms with Crippen LogP contribution in [0.2, 0.25) is 0 Å². The molecule has 0 aliphatic carbocycles. The van der Waals surface area contributed by atoms with Crippen molar-refractivity contribution >= 4 is 65.8 Å². The minimum absolute atomic E-state index is 0. The smallest absolute Gasteiger partial charge is 0.550 e. The van der Waals surface area contributed by atoms with E-state index < -0.39 is 40.4 Å². The molecule has 34 heavy (non-hydrogen) atoms. The Morgan fingerprint density at radius 3 is 2.29 bits per heavy atom. The fourth-order valence-corrected chi connectivity index (χ4v) is 3.41. The van der Waals surface area contributed by atoms with Crippen molar-refractivity contribution in [3.8, 4) is 11.3 Å². The average molecular weight is 521 g/mol. The van der Waals surface area contributed by atoms with Gasteiger partial charge in [-0.1, -0.05) is 26.0 Å². The Morgan fingerprint density at radius 1 is 1.21 bits per heavy atom. The number of anilines is 1. The maximum absolute atomic E-state index is 13.5. The van der Waals surface area contributed by atoms with Gasteiger partial charge in [-0.05, 0) is 30.2 Å². The zero-order chi connectivity index (χ0) is 24.9. The van der Waals surface area contributed by atoms with E-state index in [1.165, 1.54) is 43.5 Å². The third-order valence-corrected chi connectivity index (χ3v) is 5.97. The quantitative estimate of drug-likeness (QED) is 0.436. The molecule has 0 fully saturated rings. The molecule has 0 amide bonds. The van der Waals surface area contributed by atoms with Crippen LogP contribution in [0.1, 0.15) is 43.9 Å². The monoisotopic (exact) mass is 520 g/mol. The summed E-state index contributed by atoms with van der Waals surface area (Å²) in [4.78, 5) is 19.4. The van der Waals surface area contributed by atoms with E-state index in [2.05, 4.69) is 9.97 Å². The summed E-state index contributed by atoms with van der Waals surface area (Å²) in [6.07, 6.45) is 0.578. The summed E-state index contributed by atoms with van der Waals surface area (Å²) in [5.74, 6) is -2.14. The van der Waals surface area contributed by atoms with Crippen molar-refractivity contribution in [2.75, 3.05) is 17.6 Å². The Balaban J connectivity index is 0.00000578. The summed E-state index contributed by atoms with van der Waals surface area (Å²) in [7, 11) is -2.34. The molecule has 2 atom stereocenters. The Morgan fingerprint density at radius 2 is 1.79 bits per heavy atom. The van der Waals surface area contributed by atoms with Gasteiger partial charge in [0.25, 0.3) is 0 Å². The van der Waals surface area contributed by atoms with E-state index in [0.717, 1.165) is 10.6 Å². The van der Waals surface area contributed by atoms with Gasteiger partial charge in [-0.15, -0.1) is 0 Å². The number of halogens is 1. The number of hydrogen-bond acceptors (Lipinski definition) is 8. The number of sulfonamides is 1. The molecule has 0 aliphatic rings. The van der Waals surface area contributed by atoms with Crippen LogP contribution in [0.4, 0.5) is 10.3 Å². The van der Waals surface area contributed by atoms with Gasteiger partial charge in [0.2, 0.25) is 16.0 Å². The molecule has 2 aromatic rings. The molecule has 9 nitrogen and oxygen atoms in total. The second-order valence-electron chi connectivity index (χ2n) is 7.96. The van der Waals surface area contributed by atoms with Gasteiger partial charge in [0.1, 0.15) is 5.82 Å². The topological polar surface area (TPSA) is 144 Å². The number of aliphatic hydroxyl groups is 2. The predicted molar refractivity (Wildman–Crippen MR) is 126 cm³/mol. The van der Waals surface area contributed by atoms with Crippen LogP contribution in [-0.4, -0.2) is 97.8 Å². The molecular formula is C22H27CaFN3O6S+. The molecule has 1 heterocycles. The van der Waals surface area contributed by atoms with Crippen molar-refractivity contribution in [1.29, 1.82) is 0 Å². The number of aliphatic carboxylic acids is 1. The van der Waals surface area contributed by atoms with Gasteiger partial charge in [0, 0.05) is 37.0 Å². The van der Waals surface area contributed by atoms with Gasteiger partial charge < -0.3 is 20.1 Å². The first-order valence-corrected chi connectivity index (χ1v) is 12.0. The number of carboxylic acids is 1.